The van der Waals surface area contributed by atoms with Gasteiger partial charge in [-0.2, -0.15) is 0 Å². The lowest BCUT2D eigenvalue weighted by molar-refractivity contribution is 0.0734. The number of nitrogens with one attached hydrogen (secondary N) is 1. The van der Waals surface area contributed by atoms with Crippen LogP contribution in [0.5, 0.6) is 0 Å². The molecular weight excluding hydrogens is 408 g/mol. The summed E-state index contributed by atoms with van der Waals surface area (Å²) < 4.78 is 2.36. The van der Waals surface area contributed by atoms with Crippen LogP contribution >= 0.6 is 0 Å². The van der Waals surface area contributed by atoms with Crippen molar-refractivity contribution in [3.05, 3.63) is 65.5 Å². The third-order valence-corrected chi connectivity index (χ3v) is 7.15. The van der Waals surface area contributed by atoms with Gasteiger partial charge < -0.3 is 14.8 Å². The summed E-state index contributed by atoms with van der Waals surface area (Å²) in [6.45, 7) is 5.33. The summed E-state index contributed by atoms with van der Waals surface area (Å²) in [7, 11) is 0. The van der Waals surface area contributed by atoms with Gasteiger partial charge in [0.05, 0.1) is 17.6 Å². The number of hydrogen-bond donors (Lipinski definition) is 1. The van der Waals surface area contributed by atoms with Crippen molar-refractivity contribution in [3.63, 3.8) is 0 Å². The molecule has 5 heteroatoms. The molecule has 5 nitrogen and oxygen atoms in total. The number of para-hydroxylation sites is 2. The third kappa shape index (κ3) is 5.30. The molecule has 1 N–H and O–H groups in total. The van der Waals surface area contributed by atoms with Gasteiger partial charge in [0.15, 0.2) is 0 Å². The van der Waals surface area contributed by atoms with Gasteiger partial charge in [0, 0.05) is 31.2 Å². The number of fused-ring (bicyclic) bond motifs is 1. The molecule has 5 rings (SSSR count). The van der Waals surface area contributed by atoms with E-state index in [2.05, 4.69) is 47.1 Å². The number of rotatable bonds is 11. The van der Waals surface area contributed by atoms with Gasteiger partial charge in [0.1, 0.15) is 5.82 Å². The highest BCUT2D eigenvalue weighted by Gasteiger charge is 2.26. The third-order valence-electron chi connectivity index (χ3n) is 7.15. The number of nitrogens with zero attached hydrogens (tertiary/aromatic N) is 3. The Morgan fingerprint density at radius 1 is 1.12 bits per heavy atom. The lowest BCUT2D eigenvalue weighted by Crippen LogP contribution is -2.35. The highest BCUT2D eigenvalue weighted by atomic mass is 16.2. The van der Waals surface area contributed by atoms with Crippen molar-refractivity contribution in [1.82, 2.24) is 19.8 Å². The first-order chi connectivity index (χ1) is 16.2. The zero-order chi connectivity index (χ0) is 22.6. The second kappa shape index (κ2) is 10.1. The second-order valence-electron chi connectivity index (χ2n) is 9.86. The van der Waals surface area contributed by atoms with Crippen molar-refractivity contribution in [3.8, 4) is 0 Å². The number of benzene rings is 2. The molecule has 1 aromatic heterocycles. The van der Waals surface area contributed by atoms with Crippen LogP contribution < -0.4 is 5.32 Å². The Labute approximate surface area is 197 Å². The maximum atomic E-state index is 13.6. The molecule has 0 unspecified atom stereocenters. The van der Waals surface area contributed by atoms with Gasteiger partial charge in [0.2, 0.25) is 0 Å². The predicted molar refractivity (Wildman–Crippen MR) is 133 cm³/mol. The van der Waals surface area contributed by atoms with Crippen molar-refractivity contribution in [2.24, 2.45) is 5.92 Å². The molecule has 0 radical (unpaired) electrons. The maximum Gasteiger partial charge on any atom is 0.254 e. The number of amides is 1. The molecule has 2 fully saturated rings. The summed E-state index contributed by atoms with van der Waals surface area (Å²) in [5.74, 6) is 1.87. The van der Waals surface area contributed by atoms with Gasteiger partial charge >= 0.3 is 0 Å². The standard InChI is InChI=1S/C28H36N4O/c1-2-3-16-31(28(33)23-9-6-8-22(17-23)18-29-24-10-7-11-24)20-27-30-25-12-4-5-13-26(25)32(27)19-21-14-15-21/h4-6,8-9,12-13,17,21,24,29H,2-3,7,10-11,14-16,18-20H2,1H3. The van der Waals surface area contributed by atoms with E-state index in [9.17, 15) is 4.79 Å². The van der Waals surface area contributed by atoms with Crippen LogP contribution in [0.25, 0.3) is 11.0 Å². The van der Waals surface area contributed by atoms with Crippen LogP contribution in [-0.2, 0) is 19.6 Å². The Morgan fingerprint density at radius 2 is 1.97 bits per heavy atom. The van der Waals surface area contributed by atoms with E-state index in [0.717, 1.165) is 55.3 Å². The molecule has 2 saturated carbocycles. The molecule has 174 valence electrons. The largest absolute Gasteiger partial charge is 0.331 e. The topological polar surface area (TPSA) is 50.2 Å². The fourth-order valence-electron chi connectivity index (χ4n) is 4.65. The molecule has 2 aromatic carbocycles. The van der Waals surface area contributed by atoms with Gasteiger partial charge in [-0.1, -0.05) is 44.0 Å². The minimum absolute atomic E-state index is 0.110. The fraction of sp³-hybridized carbons (Fsp3) is 0.500. The van der Waals surface area contributed by atoms with Crippen molar-refractivity contribution in [1.29, 1.82) is 0 Å². The van der Waals surface area contributed by atoms with Crippen LogP contribution in [0.1, 0.15) is 73.6 Å². The van der Waals surface area contributed by atoms with Crippen LogP contribution in [0, 0.1) is 5.92 Å². The number of carbonyl (C=O) groups excluding carboxylic acids is 1. The summed E-state index contributed by atoms with van der Waals surface area (Å²) in [4.78, 5) is 20.6. The first-order valence-electron chi connectivity index (χ1n) is 12.8. The molecule has 33 heavy (non-hydrogen) atoms. The molecule has 0 aliphatic heterocycles. The molecule has 2 aliphatic rings. The van der Waals surface area contributed by atoms with E-state index in [4.69, 9.17) is 4.98 Å². The summed E-state index contributed by atoms with van der Waals surface area (Å²) in [6, 6.07) is 17.2. The molecule has 1 amide bonds. The minimum Gasteiger partial charge on any atom is -0.331 e. The average molecular weight is 445 g/mol. The monoisotopic (exact) mass is 444 g/mol. The summed E-state index contributed by atoms with van der Waals surface area (Å²) >= 11 is 0. The van der Waals surface area contributed by atoms with E-state index in [0.29, 0.717) is 12.6 Å². The Balaban J connectivity index is 1.37. The Bertz CT molecular complexity index is 1100. The zero-order valence-electron chi connectivity index (χ0n) is 19.8. The predicted octanol–water partition coefficient (Wildman–Crippen LogP) is 5.53. The van der Waals surface area contributed by atoms with Gasteiger partial charge in [-0.25, -0.2) is 4.98 Å². The summed E-state index contributed by atoms with van der Waals surface area (Å²) in [5.41, 5.74) is 4.18. The number of hydrogen-bond acceptors (Lipinski definition) is 3. The zero-order valence-corrected chi connectivity index (χ0v) is 19.8. The number of carbonyl (C=O) groups is 1. The van der Waals surface area contributed by atoms with Crippen molar-refractivity contribution in [2.45, 2.75) is 77.5 Å². The highest BCUT2D eigenvalue weighted by molar-refractivity contribution is 5.94. The minimum atomic E-state index is 0.110. The van der Waals surface area contributed by atoms with E-state index in [-0.39, 0.29) is 5.91 Å². The van der Waals surface area contributed by atoms with Gasteiger partial charge in [-0.05, 0) is 67.9 Å². The molecule has 0 spiro atoms. The fourth-order valence-corrected chi connectivity index (χ4v) is 4.65. The number of aromatic nitrogens is 2. The SMILES string of the molecule is CCCCN(Cc1nc2ccccc2n1CC1CC1)C(=O)c1cccc(CNC2CCC2)c1. The van der Waals surface area contributed by atoms with Crippen molar-refractivity contribution in [2.75, 3.05) is 6.54 Å². The van der Waals surface area contributed by atoms with Crippen LogP contribution in [0.2, 0.25) is 0 Å². The lowest BCUT2D eigenvalue weighted by Gasteiger charge is -2.27. The van der Waals surface area contributed by atoms with Crippen molar-refractivity contribution < 1.29 is 4.79 Å². The van der Waals surface area contributed by atoms with Crippen LogP contribution in [0.3, 0.4) is 0 Å². The smallest absolute Gasteiger partial charge is 0.254 e. The first kappa shape index (κ1) is 22.1. The molecule has 0 bridgehead atoms. The Morgan fingerprint density at radius 3 is 2.73 bits per heavy atom. The van der Waals surface area contributed by atoms with Crippen LogP contribution in [0.15, 0.2) is 48.5 Å². The highest BCUT2D eigenvalue weighted by Crippen LogP contribution is 2.32. The van der Waals surface area contributed by atoms with Gasteiger partial charge in [-0.3, -0.25) is 4.79 Å². The average Bonchev–Trinajstić information content (AvgIpc) is 3.56. The van der Waals surface area contributed by atoms with Crippen LogP contribution in [0.4, 0.5) is 0 Å². The number of imidazole rings is 1. The molecule has 1 heterocycles. The van der Waals surface area contributed by atoms with E-state index in [1.807, 2.05) is 23.1 Å². The quantitative estimate of drug-likeness (QED) is 0.423. The first-order valence-corrected chi connectivity index (χ1v) is 12.8. The van der Waals surface area contributed by atoms with Gasteiger partial charge in [0.25, 0.3) is 5.91 Å². The summed E-state index contributed by atoms with van der Waals surface area (Å²) in [6.07, 6.45) is 8.52. The Hall–Kier alpha value is -2.66. The van der Waals surface area contributed by atoms with E-state index in [1.165, 1.54) is 43.2 Å². The van der Waals surface area contributed by atoms with Gasteiger partial charge in [-0.15, -0.1) is 0 Å². The second-order valence-corrected chi connectivity index (χ2v) is 9.86. The Kier molecular flexibility index (Phi) is 6.77. The molecular formula is C28H36N4O. The van der Waals surface area contributed by atoms with E-state index >= 15 is 0 Å². The maximum absolute atomic E-state index is 13.6. The molecule has 0 atom stereocenters. The summed E-state index contributed by atoms with van der Waals surface area (Å²) in [5, 5.41) is 3.61. The molecule has 3 aromatic rings. The normalized spacial score (nSPS) is 16.2. The van der Waals surface area contributed by atoms with E-state index in [1.54, 1.807) is 0 Å². The lowest BCUT2D eigenvalue weighted by atomic mass is 9.93. The number of unbranched alkanes of at least 4 members (excludes halogenated alkanes) is 1. The molecule has 2 aliphatic carbocycles. The van der Waals surface area contributed by atoms with E-state index < -0.39 is 0 Å². The van der Waals surface area contributed by atoms with Crippen molar-refractivity contribution >= 4 is 16.9 Å². The molecule has 0 saturated heterocycles. The van der Waals surface area contributed by atoms with Crippen LogP contribution in [-0.4, -0.2) is 32.9 Å².